The summed E-state index contributed by atoms with van der Waals surface area (Å²) in [6.45, 7) is 5.23. The number of benzene rings is 1. The average Bonchev–Trinajstić information content (AvgIpc) is 3.35. The number of rotatable bonds is 7. The second-order valence-corrected chi connectivity index (χ2v) is 12.1. The third-order valence-electron chi connectivity index (χ3n) is 8.25. The van der Waals surface area contributed by atoms with Crippen LogP contribution in [-0.4, -0.2) is 72.4 Å². The van der Waals surface area contributed by atoms with Crippen molar-refractivity contribution >= 4 is 56.2 Å². The van der Waals surface area contributed by atoms with E-state index in [2.05, 4.69) is 53.0 Å². The zero-order chi connectivity index (χ0) is 30.6. The highest BCUT2D eigenvalue weighted by Gasteiger charge is 2.64. The molecule has 1 N–H and O–H groups in total. The number of ether oxygens (including phenoxy) is 1. The molecule has 6 rings (SSSR count). The Bertz CT molecular complexity index is 1820. The van der Waals surface area contributed by atoms with E-state index in [0.29, 0.717) is 38.9 Å². The van der Waals surface area contributed by atoms with Gasteiger partial charge in [0.25, 0.3) is 0 Å². The molecule has 4 heterocycles. The van der Waals surface area contributed by atoms with Gasteiger partial charge in [-0.05, 0) is 70.4 Å². The number of fused-ring (bicyclic) bond motifs is 2. The number of hydrogen-bond donors (Lipinski definition) is 1. The number of esters is 1. The van der Waals surface area contributed by atoms with Crippen LogP contribution < -0.4 is 5.32 Å². The second-order valence-electron chi connectivity index (χ2n) is 11.3. The molecule has 4 aromatic rings. The van der Waals surface area contributed by atoms with E-state index in [0.717, 1.165) is 12.0 Å². The number of Topliss-reactive ketones (excluding diaryl/α,β-unsaturated/α-hetero) is 1. The molecule has 1 saturated carbocycles. The molecule has 1 aliphatic carbocycles. The number of aromatic nitrogens is 5. The number of aryl methyl sites for hydroxylation is 1. The highest BCUT2D eigenvalue weighted by Crippen LogP contribution is 2.59. The number of hydrogen-bond acceptors (Lipinski definition) is 9. The molecule has 3 atom stereocenters. The number of methoxy groups -OCH3 is 1. The van der Waals surface area contributed by atoms with E-state index in [1.54, 1.807) is 23.1 Å². The summed E-state index contributed by atoms with van der Waals surface area (Å²) in [5.74, 6) is -1.04. The number of carbonyl (C=O) groups is 4. The lowest BCUT2D eigenvalue weighted by Crippen LogP contribution is -2.47. The Morgan fingerprint density at radius 2 is 1.84 bits per heavy atom. The van der Waals surface area contributed by atoms with E-state index in [-0.39, 0.29) is 47.1 Å². The Morgan fingerprint density at radius 3 is 2.53 bits per heavy atom. The van der Waals surface area contributed by atoms with Crippen LogP contribution in [0.25, 0.3) is 22.0 Å². The Kier molecular flexibility index (Phi) is 7.07. The molecule has 12 nitrogen and oxygen atoms in total. The number of pyridine rings is 1. The van der Waals surface area contributed by atoms with Gasteiger partial charge in [-0.3, -0.25) is 19.1 Å². The van der Waals surface area contributed by atoms with Crippen molar-refractivity contribution in [3.05, 3.63) is 64.4 Å². The molecule has 0 bridgehead atoms. The zero-order valence-electron chi connectivity index (χ0n) is 23.9. The summed E-state index contributed by atoms with van der Waals surface area (Å²) >= 11 is 3.34. The number of nitrogens with one attached hydrogen (secondary N) is 1. The van der Waals surface area contributed by atoms with Crippen LogP contribution in [0, 0.1) is 12.3 Å². The topological polar surface area (TPSA) is 149 Å². The first-order valence-corrected chi connectivity index (χ1v) is 14.5. The highest BCUT2D eigenvalue weighted by atomic mass is 79.9. The standard InChI is InChI=1S/C30H28BrN7O5/c1-15-5-8-23(31)34-26(15)35-28(41)21-10-30(3)11-22(30)38(21)24(40)14-37-20-7-6-17(9-19(20)25(36-37)16(2)39)18-12-32-27(33-13-18)29(42)43-4/h5-9,12-13,21-22H,10-11,14H2,1-4H3,(H,34,35,41)/t21-,22+,30+/m0/s1. The van der Waals surface area contributed by atoms with Gasteiger partial charge in [0.1, 0.15) is 28.7 Å². The van der Waals surface area contributed by atoms with Crippen molar-refractivity contribution in [2.45, 2.75) is 52.2 Å². The predicted octanol–water partition coefficient (Wildman–Crippen LogP) is 3.97. The maximum atomic E-state index is 13.8. The van der Waals surface area contributed by atoms with Crippen molar-refractivity contribution in [2.75, 3.05) is 12.4 Å². The molecule has 0 unspecified atom stereocenters. The number of carbonyl (C=O) groups excluding carboxylic acids is 4. The molecule has 1 aromatic carbocycles. The molecule has 1 aliphatic heterocycles. The van der Waals surface area contributed by atoms with Crippen molar-refractivity contribution in [3.63, 3.8) is 0 Å². The van der Waals surface area contributed by atoms with Gasteiger partial charge < -0.3 is 15.0 Å². The van der Waals surface area contributed by atoms with Crippen LogP contribution in [0.5, 0.6) is 0 Å². The fourth-order valence-corrected chi connectivity index (χ4v) is 6.12. The number of amides is 2. The van der Waals surface area contributed by atoms with Gasteiger partial charge in [0.05, 0.1) is 12.6 Å². The van der Waals surface area contributed by atoms with E-state index in [1.807, 2.05) is 19.1 Å². The zero-order valence-corrected chi connectivity index (χ0v) is 25.5. The fraction of sp³-hybridized carbons (Fsp3) is 0.333. The second kappa shape index (κ2) is 10.6. The van der Waals surface area contributed by atoms with E-state index < -0.39 is 12.0 Å². The van der Waals surface area contributed by atoms with Gasteiger partial charge in [-0.25, -0.2) is 19.7 Å². The van der Waals surface area contributed by atoms with Crippen LogP contribution in [0.1, 0.15) is 53.4 Å². The Morgan fingerprint density at radius 1 is 1.09 bits per heavy atom. The molecule has 0 radical (unpaired) electrons. The first-order valence-electron chi connectivity index (χ1n) is 13.7. The van der Waals surface area contributed by atoms with Crippen molar-refractivity contribution < 1.29 is 23.9 Å². The summed E-state index contributed by atoms with van der Waals surface area (Å²) in [6.07, 6.45) is 4.38. The van der Waals surface area contributed by atoms with Gasteiger partial charge in [-0.2, -0.15) is 5.10 Å². The van der Waals surface area contributed by atoms with Crippen molar-refractivity contribution in [2.24, 2.45) is 5.41 Å². The van der Waals surface area contributed by atoms with Crippen LogP contribution in [0.3, 0.4) is 0 Å². The molecule has 43 heavy (non-hydrogen) atoms. The summed E-state index contributed by atoms with van der Waals surface area (Å²) < 4.78 is 6.77. The molecule has 13 heteroatoms. The molecule has 0 spiro atoms. The fourth-order valence-electron chi connectivity index (χ4n) is 5.81. The smallest absolute Gasteiger partial charge is 0.376 e. The molecular weight excluding hydrogens is 618 g/mol. The predicted molar refractivity (Wildman–Crippen MR) is 159 cm³/mol. The number of anilines is 1. The number of nitrogens with zero attached hydrogens (tertiary/aromatic N) is 6. The number of halogens is 1. The normalized spacial score (nSPS) is 20.5. The molecule has 2 fully saturated rings. The van der Waals surface area contributed by atoms with Gasteiger partial charge in [0.15, 0.2) is 5.78 Å². The lowest BCUT2D eigenvalue weighted by atomic mass is 10.0. The molecule has 2 aliphatic rings. The minimum Gasteiger partial charge on any atom is -0.463 e. The summed E-state index contributed by atoms with van der Waals surface area (Å²) in [6, 6.07) is 8.34. The molecule has 2 amide bonds. The molecule has 220 valence electrons. The lowest BCUT2D eigenvalue weighted by molar-refractivity contribution is -0.138. The summed E-state index contributed by atoms with van der Waals surface area (Å²) in [5.41, 5.74) is 2.85. The summed E-state index contributed by atoms with van der Waals surface area (Å²) in [4.78, 5) is 65.7. The van der Waals surface area contributed by atoms with E-state index in [4.69, 9.17) is 0 Å². The average molecular weight is 647 g/mol. The van der Waals surface area contributed by atoms with Crippen LogP contribution in [-0.2, 0) is 20.9 Å². The first-order chi connectivity index (χ1) is 20.5. The lowest BCUT2D eigenvalue weighted by Gasteiger charge is -2.27. The number of ketones is 1. The largest absolute Gasteiger partial charge is 0.463 e. The van der Waals surface area contributed by atoms with Crippen LogP contribution in [0.4, 0.5) is 5.82 Å². The van der Waals surface area contributed by atoms with Crippen LogP contribution in [0.2, 0.25) is 0 Å². The third kappa shape index (κ3) is 5.18. The SMILES string of the molecule is COC(=O)c1ncc(-c2ccc3c(c2)c(C(C)=O)nn3CC(=O)N2[C@H](C(=O)Nc3nc(Br)ccc3C)C[C@]3(C)C[C@@H]23)cn1. The van der Waals surface area contributed by atoms with E-state index in [9.17, 15) is 19.2 Å². The maximum absolute atomic E-state index is 13.8. The van der Waals surface area contributed by atoms with Gasteiger partial charge in [-0.1, -0.05) is 19.1 Å². The van der Waals surface area contributed by atoms with Crippen molar-refractivity contribution in [1.29, 1.82) is 0 Å². The van der Waals surface area contributed by atoms with E-state index in [1.165, 1.54) is 31.1 Å². The maximum Gasteiger partial charge on any atom is 0.376 e. The summed E-state index contributed by atoms with van der Waals surface area (Å²) in [7, 11) is 1.25. The minimum absolute atomic E-state index is 0.0408. The van der Waals surface area contributed by atoms with E-state index >= 15 is 0 Å². The first kappa shape index (κ1) is 28.6. The monoisotopic (exact) mass is 645 g/mol. The molecule has 3 aromatic heterocycles. The minimum atomic E-state index is -0.648. The highest BCUT2D eigenvalue weighted by molar-refractivity contribution is 9.10. The van der Waals surface area contributed by atoms with Gasteiger partial charge in [0, 0.05) is 36.3 Å². The number of piperidine rings is 1. The third-order valence-corrected chi connectivity index (χ3v) is 8.69. The van der Waals surface area contributed by atoms with Gasteiger partial charge in [0.2, 0.25) is 17.6 Å². The van der Waals surface area contributed by atoms with Crippen molar-refractivity contribution in [1.82, 2.24) is 29.6 Å². The molecular formula is C30H28BrN7O5. The Balaban J connectivity index is 1.27. The number of likely N-dealkylation sites (tertiary alicyclic amines) is 1. The van der Waals surface area contributed by atoms with Gasteiger partial charge in [-0.15, -0.1) is 0 Å². The Labute approximate surface area is 255 Å². The molecule has 1 saturated heterocycles. The summed E-state index contributed by atoms with van der Waals surface area (Å²) in [5, 5.41) is 7.98. The van der Waals surface area contributed by atoms with Crippen LogP contribution in [0.15, 0.2) is 47.3 Å². The van der Waals surface area contributed by atoms with Crippen molar-refractivity contribution in [3.8, 4) is 11.1 Å². The Hall–Kier alpha value is -4.52. The van der Waals surface area contributed by atoms with Crippen LogP contribution >= 0.6 is 15.9 Å². The van der Waals surface area contributed by atoms with Gasteiger partial charge >= 0.3 is 5.97 Å². The quantitative estimate of drug-likeness (QED) is 0.179.